The quantitative estimate of drug-likeness (QED) is 0.575. The molecule has 2 aliphatic rings. The second kappa shape index (κ2) is 6.58. The maximum absolute atomic E-state index is 6.51. The maximum atomic E-state index is 6.51. The van der Waals surface area contributed by atoms with Gasteiger partial charge in [0.15, 0.2) is 0 Å². The molecule has 1 saturated carbocycles. The summed E-state index contributed by atoms with van der Waals surface area (Å²) < 4.78 is 6.51. The second-order valence-electron chi connectivity index (χ2n) is 6.35. The first-order valence-corrected chi connectivity index (χ1v) is 9.72. The van der Waals surface area contributed by atoms with E-state index in [9.17, 15) is 0 Å². The molecule has 0 amide bonds. The molecule has 0 radical (unpaired) electrons. The molecule has 1 nitrogen and oxygen atoms in total. The number of hydrogen-bond donors (Lipinski definition) is 0. The third-order valence-corrected chi connectivity index (χ3v) is 7.46. The molecule has 0 aromatic heterocycles. The highest BCUT2D eigenvalue weighted by molar-refractivity contribution is 9.09. The van der Waals surface area contributed by atoms with Gasteiger partial charge >= 0.3 is 0 Å². The van der Waals surface area contributed by atoms with Crippen LogP contribution in [0.5, 0.6) is 0 Å². The third-order valence-electron chi connectivity index (χ3n) is 5.08. The van der Waals surface area contributed by atoms with E-state index in [2.05, 4.69) is 38.8 Å². The van der Waals surface area contributed by atoms with Gasteiger partial charge in [0, 0.05) is 10.7 Å². The lowest BCUT2D eigenvalue weighted by atomic mass is 9.81. The average Bonchev–Trinajstić information content (AvgIpc) is 2.79. The summed E-state index contributed by atoms with van der Waals surface area (Å²) in [6.07, 6.45) is 12.3. The molecule has 106 valence electrons. The largest absolute Gasteiger partial charge is 0.372 e. The van der Waals surface area contributed by atoms with Crippen molar-refractivity contribution in [1.82, 2.24) is 0 Å². The lowest BCUT2D eigenvalue weighted by molar-refractivity contribution is -0.0740. The standard InChI is InChI=1S/C15H26Br2O/c1-2-14(11-16,12-17)10-13-6-9-15(18-13)7-4-3-5-8-15/h13H,2-12H2,1H3. The van der Waals surface area contributed by atoms with Crippen LogP contribution >= 0.6 is 31.9 Å². The maximum Gasteiger partial charge on any atom is 0.0687 e. The molecule has 18 heavy (non-hydrogen) atoms. The molecule has 1 atom stereocenters. The highest BCUT2D eigenvalue weighted by Gasteiger charge is 2.43. The van der Waals surface area contributed by atoms with Gasteiger partial charge in [0.1, 0.15) is 0 Å². The van der Waals surface area contributed by atoms with Gasteiger partial charge in [-0.2, -0.15) is 0 Å². The van der Waals surface area contributed by atoms with Crippen LogP contribution in [0, 0.1) is 5.41 Å². The van der Waals surface area contributed by atoms with Crippen LogP contribution in [-0.2, 0) is 4.74 Å². The zero-order valence-electron chi connectivity index (χ0n) is 11.5. The Morgan fingerprint density at radius 2 is 1.78 bits per heavy atom. The van der Waals surface area contributed by atoms with Crippen LogP contribution in [0.3, 0.4) is 0 Å². The van der Waals surface area contributed by atoms with E-state index in [0.29, 0.717) is 11.5 Å². The third kappa shape index (κ3) is 3.32. The first kappa shape index (κ1) is 15.3. The van der Waals surface area contributed by atoms with E-state index in [1.54, 1.807) is 0 Å². The van der Waals surface area contributed by atoms with Crippen molar-refractivity contribution in [3.63, 3.8) is 0 Å². The lowest BCUT2D eigenvalue weighted by Gasteiger charge is -2.36. The van der Waals surface area contributed by atoms with Gasteiger partial charge in [-0.3, -0.25) is 0 Å². The summed E-state index contributed by atoms with van der Waals surface area (Å²) in [4.78, 5) is 0. The molecule has 0 bridgehead atoms. The molecule has 0 aromatic rings. The van der Waals surface area contributed by atoms with E-state index < -0.39 is 0 Å². The Balaban J connectivity index is 1.92. The van der Waals surface area contributed by atoms with Crippen molar-refractivity contribution in [1.29, 1.82) is 0 Å². The number of ether oxygens (including phenoxy) is 1. The van der Waals surface area contributed by atoms with Gasteiger partial charge in [0.05, 0.1) is 11.7 Å². The van der Waals surface area contributed by atoms with Crippen LogP contribution in [0.2, 0.25) is 0 Å². The molecule has 2 fully saturated rings. The number of hydrogen-bond acceptors (Lipinski definition) is 1. The van der Waals surface area contributed by atoms with E-state index in [4.69, 9.17) is 4.74 Å². The predicted octanol–water partition coefficient (Wildman–Crippen LogP) is 5.44. The summed E-state index contributed by atoms with van der Waals surface area (Å²) in [5.74, 6) is 0. The normalized spacial score (nSPS) is 27.8. The lowest BCUT2D eigenvalue weighted by Crippen LogP contribution is -2.34. The fraction of sp³-hybridized carbons (Fsp3) is 1.00. The van der Waals surface area contributed by atoms with Gasteiger partial charge in [0.2, 0.25) is 0 Å². The predicted molar refractivity (Wildman–Crippen MR) is 84.9 cm³/mol. The van der Waals surface area contributed by atoms with E-state index in [-0.39, 0.29) is 5.60 Å². The highest BCUT2D eigenvalue weighted by Crippen LogP contribution is 2.45. The Bertz CT molecular complexity index is 249. The number of alkyl halides is 2. The van der Waals surface area contributed by atoms with Crippen LogP contribution < -0.4 is 0 Å². The Hall–Kier alpha value is 0.920. The zero-order valence-corrected chi connectivity index (χ0v) is 14.7. The minimum Gasteiger partial charge on any atom is -0.372 e. The summed E-state index contributed by atoms with van der Waals surface area (Å²) in [7, 11) is 0. The molecule has 1 unspecified atom stereocenters. The highest BCUT2D eigenvalue weighted by atomic mass is 79.9. The zero-order chi connectivity index (χ0) is 13.1. The van der Waals surface area contributed by atoms with Gasteiger partial charge in [-0.15, -0.1) is 0 Å². The van der Waals surface area contributed by atoms with Crippen LogP contribution in [0.25, 0.3) is 0 Å². The van der Waals surface area contributed by atoms with E-state index in [0.717, 1.165) is 10.7 Å². The van der Waals surface area contributed by atoms with Gasteiger partial charge in [-0.05, 0) is 43.9 Å². The fourth-order valence-corrected chi connectivity index (χ4v) is 5.74. The first-order valence-electron chi connectivity index (χ1n) is 7.47. The van der Waals surface area contributed by atoms with Crippen molar-refractivity contribution >= 4 is 31.9 Å². The second-order valence-corrected chi connectivity index (χ2v) is 7.47. The van der Waals surface area contributed by atoms with E-state index >= 15 is 0 Å². The summed E-state index contributed by atoms with van der Waals surface area (Å²) in [5, 5.41) is 2.16. The smallest absolute Gasteiger partial charge is 0.0687 e. The van der Waals surface area contributed by atoms with E-state index in [1.165, 1.54) is 57.8 Å². The number of halogens is 2. The van der Waals surface area contributed by atoms with Gasteiger partial charge < -0.3 is 4.74 Å². The van der Waals surface area contributed by atoms with E-state index in [1.807, 2.05) is 0 Å². The Morgan fingerprint density at radius 3 is 2.33 bits per heavy atom. The summed E-state index contributed by atoms with van der Waals surface area (Å²) >= 11 is 7.41. The summed E-state index contributed by atoms with van der Waals surface area (Å²) in [6.45, 7) is 2.30. The number of rotatable bonds is 5. The molecule has 1 spiro atoms. The van der Waals surface area contributed by atoms with Crippen LogP contribution in [0.15, 0.2) is 0 Å². The van der Waals surface area contributed by atoms with Crippen molar-refractivity contribution in [2.75, 3.05) is 10.7 Å². The monoisotopic (exact) mass is 380 g/mol. The van der Waals surface area contributed by atoms with Crippen LogP contribution in [0.1, 0.15) is 64.7 Å². The molecule has 1 heterocycles. The minimum atomic E-state index is 0.279. The topological polar surface area (TPSA) is 9.23 Å². The van der Waals surface area contributed by atoms with Crippen LogP contribution in [-0.4, -0.2) is 22.4 Å². The Morgan fingerprint density at radius 1 is 1.11 bits per heavy atom. The van der Waals surface area contributed by atoms with Crippen molar-refractivity contribution in [2.24, 2.45) is 5.41 Å². The fourth-order valence-electron chi connectivity index (χ4n) is 3.56. The molecule has 0 N–H and O–H groups in total. The molecule has 1 aliphatic heterocycles. The van der Waals surface area contributed by atoms with Crippen LogP contribution in [0.4, 0.5) is 0 Å². The van der Waals surface area contributed by atoms with Crippen molar-refractivity contribution < 1.29 is 4.74 Å². The molecule has 1 saturated heterocycles. The van der Waals surface area contributed by atoms with Crippen molar-refractivity contribution in [3.05, 3.63) is 0 Å². The Kier molecular flexibility index (Phi) is 5.60. The first-order chi connectivity index (χ1) is 8.67. The molecular formula is C15H26Br2O. The summed E-state index contributed by atoms with van der Waals surface area (Å²) in [5.41, 5.74) is 0.659. The molecule has 1 aliphatic carbocycles. The molecular weight excluding hydrogens is 356 g/mol. The Labute approximate surface area is 129 Å². The molecule has 2 rings (SSSR count). The van der Waals surface area contributed by atoms with Gasteiger partial charge in [0.25, 0.3) is 0 Å². The average molecular weight is 382 g/mol. The minimum absolute atomic E-state index is 0.279. The SMILES string of the molecule is CCC(CBr)(CBr)CC1CCC2(CCCCC2)O1. The molecule has 0 aromatic carbocycles. The van der Waals surface area contributed by atoms with Crippen molar-refractivity contribution in [2.45, 2.75) is 76.4 Å². The molecule has 3 heteroatoms. The van der Waals surface area contributed by atoms with Gasteiger partial charge in [-0.25, -0.2) is 0 Å². The summed E-state index contributed by atoms with van der Waals surface area (Å²) in [6, 6.07) is 0. The van der Waals surface area contributed by atoms with Gasteiger partial charge in [-0.1, -0.05) is 58.0 Å². The van der Waals surface area contributed by atoms with Crippen molar-refractivity contribution in [3.8, 4) is 0 Å².